The zero-order valence-corrected chi connectivity index (χ0v) is 41.7. The molecule has 0 spiro atoms. The maximum absolute atomic E-state index is 12.0. The van der Waals surface area contributed by atoms with Gasteiger partial charge >= 0.3 is 0 Å². The number of hydrogen-bond donors (Lipinski definition) is 2. The average molecular weight is 971 g/mol. The van der Waals surface area contributed by atoms with Gasteiger partial charge in [0.05, 0.1) is 127 Å². The van der Waals surface area contributed by atoms with Crippen molar-refractivity contribution in [3.05, 3.63) is 34.7 Å². The number of unbranched alkanes of at least 4 members (excludes halogenated alkanes) is 2. The van der Waals surface area contributed by atoms with Gasteiger partial charge in [-0.05, 0) is 63.9 Å². The lowest BCUT2D eigenvalue weighted by Crippen LogP contribution is -2.37. The molecule has 17 nitrogen and oxygen atoms in total. The number of piperidine rings is 1. The van der Waals surface area contributed by atoms with E-state index in [9.17, 15) is 4.79 Å². The van der Waals surface area contributed by atoms with E-state index in [4.69, 9.17) is 48.6 Å². The number of ether oxygens (including phenoxy) is 8. The molecule has 0 aromatic carbocycles. The summed E-state index contributed by atoms with van der Waals surface area (Å²) >= 11 is 3.28. The molecule has 4 aromatic heterocycles. The summed E-state index contributed by atoms with van der Waals surface area (Å²) in [6.45, 7) is 17.1. The van der Waals surface area contributed by atoms with Gasteiger partial charge in [-0.15, -0.1) is 11.3 Å². The van der Waals surface area contributed by atoms with Crippen molar-refractivity contribution in [2.75, 3.05) is 144 Å². The van der Waals surface area contributed by atoms with E-state index in [1.807, 2.05) is 6.26 Å². The first-order valence-corrected chi connectivity index (χ1v) is 26.0. The van der Waals surface area contributed by atoms with Gasteiger partial charge in [-0.25, -0.2) is 19.9 Å². The Hall–Kier alpha value is -3.52. The van der Waals surface area contributed by atoms with Crippen LogP contribution in [0.2, 0.25) is 0 Å². The minimum atomic E-state index is -0.00806. The van der Waals surface area contributed by atoms with Crippen LogP contribution in [0.4, 0.5) is 5.82 Å². The molecule has 0 unspecified atom stereocenters. The van der Waals surface area contributed by atoms with Crippen LogP contribution >= 0.6 is 23.1 Å². The second-order valence-corrected chi connectivity index (χ2v) is 18.2. The summed E-state index contributed by atoms with van der Waals surface area (Å²) in [4.78, 5) is 33.8. The van der Waals surface area contributed by atoms with Crippen molar-refractivity contribution >= 4 is 56.1 Å². The number of nitrogen functional groups attached to an aromatic ring is 1. The number of thiophene rings is 1. The molecular formula is C48H74N8O9S2. The molecule has 67 heavy (non-hydrogen) atoms. The number of nitrogens with two attached hydrogens (primary N) is 1. The number of pyridine rings is 1. The molecule has 1 amide bonds. The van der Waals surface area contributed by atoms with Gasteiger partial charge in [0.1, 0.15) is 11.3 Å². The molecule has 1 aliphatic heterocycles. The number of amides is 1. The Morgan fingerprint density at radius 3 is 1.96 bits per heavy atom. The van der Waals surface area contributed by atoms with E-state index in [-0.39, 0.29) is 5.91 Å². The number of hydrogen-bond acceptors (Lipinski definition) is 17. The smallest absolute Gasteiger partial charge is 0.220 e. The van der Waals surface area contributed by atoms with Gasteiger partial charge in [-0.3, -0.25) is 4.79 Å². The van der Waals surface area contributed by atoms with E-state index >= 15 is 0 Å². The number of carbonyl (C=O) groups is 1. The van der Waals surface area contributed by atoms with Gasteiger partial charge in [0.25, 0.3) is 0 Å². The van der Waals surface area contributed by atoms with Crippen LogP contribution in [0.15, 0.2) is 23.6 Å². The molecule has 0 atom stereocenters. The molecule has 1 fully saturated rings. The molecule has 372 valence electrons. The van der Waals surface area contributed by atoms with Crippen LogP contribution in [0.3, 0.4) is 0 Å². The van der Waals surface area contributed by atoms with E-state index in [1.54, 1.807) is 23.7 Å². The molecule has 0 saturated carbocycles. The second-order valence-electron chi connectivity index (χ2n) is 16.2. The van der Waals surface area contributed by atoms with Gasteiger partial charge in [-0.2, -0.15) is 0 Å². The summed E-state index contributed by atoms with van der Waals surface area (Å²) in [5.41, 5.74) is 10.2. The number of nitrogens with one attached hydrogen (secondary N) is 1. The monoisotopic (exact) mass is 971 g/mol. The first-order chi connectivity index (χ1) is 32.9. The van der Waals surface area contributed by atoms with Crippen LogP contribution in [0.1, 0.15) is 68.1 Å². The number of carbonyl (C=O) groups excluding carboxylic acids is 1. The Labute approximate surface area is 405 Å². The van der Waals surface area contributed by atoms with Gasteiger partial charge < -0.3 is 58.4 Å². The van der Waals surface area contributed by atoms with E-state index < -0.39 is 0 Å². The van der Waals surface area contributed by atoms with Crippen molar-refractivity contribution < 1.29 is 42.7 Å². The highest BCUT2D eigenvalue weighted by Crippen LogP contribution is 2.35. The van der Waals surface area contributed by atoms with Crippen molar-refractivity contribution in [1.29, 1.82) is 0 Å². The number of aromatic nitrogens is 5. The Bertz CT molecular complexity index is 2040. The molecule has 5 heterocycles. The second kappa shape index (κ2) is 33.1. The fraction of sp³-hybridized carbons (Fsp3) is 0.688. The van der Waals surface area contributed by atoms with Gasteiger partial charge in [0, 0.05) is 56.2 Å². The lowest BCUT2D eigenvalue weighted by atomic mass is 9.96. The van der Waals surface area contributed by atoms with E-state index in [2.05, 4.69) is 61.5 Å². The predicted molar refractivity (Wildman–Crippen MR) is 264 cm³/mol. The Balaban J connectivity index is 0.726. The van der Waals surface area contributed by atoms with Crippen molar-refractivity contribution in [2.45, 2.75) is 76.9 Å². The molecule has 3 N–H and O–H groups in total. The van der Waals surface area contributed by atoms with Crippen LogP contribution in [-0.4, -0.2) is 173 Å². The molecule has 1 saturated heterocycles. The van der Waals surface area contributed by atoms with Crippen LogP contribution in [0, 0.1) is 24.7 Å². The van der Waals surface area contributed by atoms with Gasteiger partial charge in [0.2, 0.25) is 5.91 Å². The van der Waals surface area contributed by atoms with Crippen LogP contribution in [0.5, 0.6) is 0 Å². The lowest BCUT2D eigenvalue weighted by Gasteiger charge is -2.32. The summed E-state index contributed by atoms with van der Waals surface area (Å²) in [6.07, 6.45) is 12.6. The third-order valence-electron chi connectivity index (χ3n) is 11.0. The first-order valence-electron chi connectivity index (χ1n) is 24.0. The Kier molecular flexibility index (Phi) is 26.9. The normalized spacial score (nSPS) is 13.5. The Morgan fingerprint density at radius 1 is 0.821 bits per heavy atom. The fourth-order valence-electron chi connectivity index (χ4n) is 7.39. The van der Waals surface area contributed by atoms with Crippen molar-refractivity contribution in [3.63, 3.8) is 0 Å². The van der Waals surface area contributed by atoms with Gasteiger partial charge in [0.15, 0.2) is 11.0 Å². The number of thioether (sulfide) groups is 1. The fourth-order valence-corrected chi connectivity index (χ4v) is 8.71. The summed E-state index contributed by atoms with van der Waals surface area (Å²) in [7, 11) is 0. The zero-order valence-electron chi connectivity index (χ0n) is 40.1. The SMILES string of the molecule is CCCCc1nc2c(N)nc3cc(C)sc3c2n1CC1CCN(CCOCCOCCOCCOCCOCCOCCOCCOCCNC(=O)CCCC#Cc2cnc(SC)nc2)CC1. The molecular weight excluding hydrogens is 897 g/mol. The first kappa shape index (κ1) is 54.4. The van der Waals surface area contributed by atoms with E-state index in [0.717, 1.165) is 85.9 Å². The predicted octanol–water partition coefficient (Wildman–Crippen LogP) is 5.57. The summed E-state index contributed by atoms with van der Waals surface area (Å²) in [5.74, 6) is 8.36. The number of fused-ring (bicyclic) bond motifs is 3. The van der Waals surface area contributed by atoms with Crippen molar-refractivity contribution in [3.8, 4) is 11.8 Å². The summed E-state index contributed by atoms with van der Waals surface area (Å²) < 4.78 is 48.5. The quantitative estimate of drug-likeness (QED) is 0.0249. The third kappa shape index (κ3) is 20.9. The highest BCUT2D eigenvalue weighted by atomic mass is 32.2. The molecule has 0 bridgehead atoms. The standard InChI is InChI=1S/C48H74N8O9S2/c1-4-5-10-42-54-44-45(46-41(53-47(44)49)34-38(2)67-46)56(42)37-39-12-15-55(16-13-39)17-19-59-21-23-61-25-27-63-29-31-65-33-32-64-30-28-62-26-24-60-22-20-58-18-14-50-43(57)11-8-6-7-9-40-35-51-48(66-3)52-36-40/h34-36,39H,4-6,8,10-33,37H2,1-3H3,(H2,49,53)(H,50,57). The highest BCUT2D eigenvalue weighted by Gasteiger charge is 2.24. The number of anilines is 1. The maximum atomic E-state index is 12.0. The van der Waals surface area contributed by atoms with E-state index in [0.29, 0.717) is 143 Å². The maximum Gasteiger partial charge on any atom is 0.220 e. The Morgan fingerprint density at radius 2 is 1.39 bits per heavy atom. The molecule has 4 aromatic rings. The topological polar surface area (TPSA) is 189 Å². The van der Waals surface area contributed by atoms with Crippen LogP contribution < -0.4 is 11.1 Å². The zero-order chi connectivity index (χ0) is 47.2. The minimum Gasteiger partial charge on any atom is -0.382 e. The number of aryl methyl sites for hydroxylation is 2. The van der Waals surface area contributed by atoms with Crippen molar-refractivity contribution in [1.82, 2.24) is 34.7 Å². The molecule has 5 rings (SSSR count). The number of likely N-dealkylation sites (tertiary alicyclic amines) is 1. The molecule has 1 aliphatic rings. The lowest BCUT2D eigenvalue weighted by molar-refractivity contribution is -0.121. The van der Waals surface area contributed by atoms with Crippen LogP contribution in [0.25, 0.3) is 21.3 Å². The van der Waals surface area contributed by atoms with E-state index in [1.165, 1.54) is 26.9 Å². The average Bonchev–Trinajstić information content (AvgIpc) is 3.90. The van der Waals surface area contributed by atoms with Crippen molar-refractivity contribution in [2.24, 2.45) is 5.92 Å². The summed E-state index contributed by atoms with van der Waals surface area (Å²) in [6, 6.07) is 2.14. The number of nitrogens with zero attached hydrogens (tertiary/aromatic N) is 6. The third-order valence-corrected chi connectivity index (χ3v) is 12.6. The van der Waals surface area contributed by atoms with Crippen LogP contribution in [-0.2, 0) is 55.7 Å². The molecule has 0 radical (unpaired) electrons. The molecule has 19 heteroatoms. The number of rotatable bonds is 36. The minimum absolute atomic E-state index is 0.00806. The van der Waals surface area contributed by atoms with Gasteiger partial charge in [-0.1, -0.05) is 36.9 Å². The summed E-state index contributed by atoms with van der Waals surface area (Å²) in [5, 5.41) is 3.58. The number of imidazole rings is 1. The largest absolute Gasteiger partial charge is 0.382 e. The molecule has 0 aliphatic carbocycles. The highest BCUT2D eigenvalue weighted by molar-refractivity contribution is 7.98.